The van der Waals surface area contributed by atoms with Gasteiger partial charge in [-0.3, -0.25) is 0 Å². The van der Waals surface area contributed by atoms with Crippen LogP contribution in [0.4, 0.5) is 0 Å². The van der Waals surface area contributed by atoms with Crippen molar-refractivity contribution in [3.63, 3.8) is 0 Å². The van der Waals surface area contributed by atoms with E-state index in [1.54, 1.807) is 0 Å². The molecule has 0 saturated carbocycles. The molecule has 9 aromatic carbocycles. The molecule has 61 heavy (non-hydrogen) atoms. The minimum atomic E-state index is 0.573. The molecule has 0 aliphatic rings. The third-order valence-electron chi connectivity index (χ3n) is 11.4. The molecule has 11 rings (SSSR count). The number of aromatic nitrogens is 3. The van der Waals surface area contributed by atoms with Crippen molar-refractivity contribution in [2.75, 3.05) is 0 Å². The summed E-state index contributed by atoms with van der Waals surface area (Å²) in [5.74, 6) is 1.77. The maximum atomic E-state index is 6.58. The van der Waals surface area contributed by atoms with Gasteiger partial charge in [-0.1, -0.05) is 200 Å². The average Bonchev–Trinajstić information content (AvgIpc) is 3.73. The zero-order valence-electron chi connectivity index (χ0n) is 33.1. The summed E-state index contributed by atoms with van der Waals surface area (Å²) in [5.41, 5.74) is 15.8. The van der Waals surface area contributed by atoms with Crippen molar-refractivity contribution in [1.29, 1.82) is 0 Å². The molecule has 0 saturated heterocycles. The second-order valence-corrected chi connectivity index (χ2v) is 15.2. The van der Waals surface area contributed by atoms with Gasteiger partial charge in [0.2, 0.25) is 0 Å². The van der Waals surface area contributed by atoms with E-state index in [-0.39, 0.29) is 0 Å². The van der Waals surface area contributed by atoms with Crippen LogP contribution in [0.25, 0.3) is 112 Å². The molecule has 4 nitrogen and oxygen atoms in total. The van der Waals surface area contributed by atoms with Crippen LogP contribution in [0.5, 0.6) is 0 Å². The predicted octanol–water partition coefficient (Wildman–Crippen LogP) is 15.1. The number of benzene rings is 9. The molecule has 2 heterocycles. The van der Waals surface area contributed by atoms with Crippen molar-refractivity contribution in [1.82, 2.24) is 15.0 Å². The summed E-state index contributed by atoms with van der Waals surface area (Å²) in [4.78, 5) is 15.4. The Bertz CT molecular complexity index is 3300. The molecule has 286 valence electrons. The molecule has 4 heteroatoms. The third-order valence-corrected chi connectivity index (χ3v) is 11.4. The van der Waals surface area contributed by atoms with Gasteiger partial charge in [-0.25, -0.2) is 15.0 Å². The Kier molecular flexibility index (Phi) is 9.14. The Morgan fingerprint density at radius 3 is 1.16 bits per heavy atom. The second-order valence-electron chi connectivity index (χ2n) is 15.2. The standard InChI is InChI=1S/C57H37N3O/c1-4-12-38(13-5-1)41-22-24-44(25-23-41)47-18-10-19-48(36-47)56-58-55(46-32-28-43(29-33-46)40-16-8-3-9-17-40)59-57(60-56)49-34-35-51-53(37-49)61-52-21-11-20-50(54(51)52)45-30-26-42(27-31-45)39-14-6-2-7-15-39/h1-37H. The normalized spacial score (nSPS) is 11.3. The van der Waals surface area contributed by atoms with Crippen LogP contribution in [-0.4, -0.2) is 15.0 Å². The lowest BCUT2D eigenvalue weighted by Gasteiger charge is -2.11. The largest absolute Gasteiger partial charge is 0.456 e. The van der Waals surface area contributed by atoms with Crippen LogP contribution in [0.2, 0.25) is 0 Å². The SMILES string of the molecule is c1ccc(-c2ccc(-c3cccc(-c4nc(-c5ccc(-c6ccccc6)cc5)nc(-c5ccc6c(c5)oc5cccc(-c7ccc(-c8ccccc8)cc7)c56)n4)c3)cc2)cc1. The van der Waals surface area contributed by atoms with Crippen molar-refractivity contribution in [2.24, 2.45) is 0 Å². The van der Waals surface area contributed by atoms with Gasteiger partial charge < -0.3 is 4.42 Å². The fourth-order valence-electron chi connectivity index (χ4n) is 8.21. The number of hydrogen-bond donors (Lipinski definition) is 0. The van der Waals surface area contributed by atoms with Crippen molar-refractivity contribution < 1.29 is 4.42 Å². The Balaban J connectivity index is 0.991. The summed E-state index contributed by atoms with van der Waals surface area (Å²) in [6.07, 6.45) is 0. The lowest BCUT2D eigenvalue weighted by molar-refractivity contribution is 0.669. The summed E-state index contributed by atoms with van der Waals surface area (Å²) in [6.45, 7) is 0. The number of rotatable bonds is 8. The summed E-state index contributed by atoms with van der Waals surface area (Å²) in [6, 6.07) is 78.2. The summed E-state index contributed by atoms with van der Waals surface area (Å²) < 4.78 is 6.58. The molecule has 0 aliphatic carbocycles. The predicted molar refractivity (Wildman–Crippen MR) is 251 cm³/mol. The highest BCUT2D eigenvalue weighted by Crippen LogP contribution is 2.39. The second kappa shape index (κ2) is 15.5. The van der Waals surface area contributed by atoms with E-state index in [0.29, 0.717) is 17.5 Å². The van der Waals surface area contributed by atoms with Gasteiger partial charge in [0.15, 0.2) is 17.5 Å². The minimum absolute atomic E-state index is 0.573. The lowest BCUT2D eigenvalue weighted by Crippen LogP contribution is -2.00. The van der Waals surface area contributed by atoms with E-state index in [0.717, 1.165) is 72.0 Å². The van der Waals surface area contributed by atoms with Crippen LogP contribution in [0, 0.1) is 0 Å². The van der Waals surface area contributed by atoms with E-state index in [1.807, 2.05) is 24.3 Å². The Hall–Kier alpha value is -8.21. The van der Waals surface area contributed by atoms with Crippen molar-refractivity contribution in [2.45, 2.75) is 0 Å². The van der Waals surface area contributed by atoms with E-state index in [1.165, 1.54) is 22.3 Å². The van der Waals surface area contributed by atoms with Gasteiger partial charge in [-0.2, -0.15) is 0 Å². The Labute approximate surface area is 354 Å². The molecule has 0 unspecified atom stereocenters. The first kappa shape index (κ1) is 35.9. The van der Waals surface area contributed by atoms with Crippen LogP contribution >= 0.6 is 0 Å². The zero-order chi connectivity index (χ0) is 40.5. The van der Waals surface area contributed by atoms with Crippen LogP contribution in [-0.2, 0) is 0 Å². The summed E-state index contributed by atoms with van der Waals surface area (Å²) >= 11 is 0. The number of nitrogens with zero attached hydrogens (tertiary/aromatic N) is 3. The smallest absolute Gasteiger partial charge is 0.164 e. The quantitative estimate of drug-likeness (QED) is 0.154. The van der Waals surface area contributed by atoms with Gasteiger partial charge in [-0.15, -0.1) is 0 Å². The fourth-order valence-corrected chi connectivity index (χ4v) is 8.21. The van der Waals surface area contributed by atoms with Gasteiger partial charge in [0.1, 0.15) is 11.2 Å². The molecular formula is C57H37N3O. The highest BCUT2D eigenvalue weighted by Gasteiger charge is 2.17. The topological polar surface area (TPSA) is 51.8 Å². The van der Waals surface area contributed by atoms with E-state index >= 15 is 0 Å². The number of fused-ring (bicyclic) bond motifs is 3. The molecular weight excluding hydrogens is 743 g/mol. The van der Waals surface area contributed by atoms with Gasteiger partial charge in [0, 0.05) is 27.5 Å². The number of furan rings is 1. The van der Waals surface area contributed by atoms with Crippen molar-refractivity contribution in [3.8, 4) is 89.8 Å². The van der Waals surface area contributed by atoms with E-state index in [2.05, 4.69) is 200 Å². The lowest BCUT2D eigenvalue weighted by atomic mass is 9.96. The molecule has 0 spiro atoms. The Morgan fingerprint density at radius 1 is 0.246 bits per heavy atom. The fraction of sp³-hybridized carbons (Fsp3) is 0. The molecule has 2 aromatic heterocycles. The first-order valence-corrected chi connectivity index (χ1v) is 20.5. The molecule has 11 aromatic rings. The van der Waals surface area contributed by atoms with Crippen LogP contribution in [0.3, 0.4) is 0 Å². The van der Waals surface area contributed by atoms with Crippen LogP contribution in [0.15, 0.2) is 229 Å². The van der Waals surface area contributed by atoms with Gasteiger partial charge in [0.05, 0.1) is 0 Å². The highest BCUT2D eigenvalue weighted by molar-refractivity contribution is 6.13. The van der Waals surface area contributed by atoms with Crippen LogP contribution in [0.1, 0.15) is 0 Å². The molecule has 0 aliphatic heterocycles. The van der Waals surface area contributed by atoms with Gasteiger partial charge >= 0.3 is 0 Å². The summed E-state index contributed by atoms with van der Waals surface area (Å²) in [5, 5.41) is 2.12. The molecule has 0 N–H and O–H groups in total. The first-order valence-electron chi connectivity index (χ1n) is 20.5. The molecule has 0 amide bonds. The van der Waals surface area contributed by atoms with E-state index < -0.39 is 0 Å². The van der Waals surface area contributed by atoms with Crippen molar-refractivity contribution >= 4 is 21.9 Å². The number of hydrogen-bond acceptors (Lipinski definition) is 4. The highest BCUT2D eigenvalue weighted by atomic mass is 16.3. The van der Waals surface area contributed by atoms with Gasteiger partial charge in [-0.05, 0) is 79.9 Å². The van der Waals surface area contributed by atoms with Gasteiger partial charge in [0.25, 0.3) is 0 Å². The van der Waals surface area contributed by atoms with E-state index in [9.17, 15) is 0 Å². The zero-order valence-corrected chi connectivity index (χ0v) is 33.1. The van der Waals surface area contributed by atoms with E-state index in [4.69, 9.17) is 19.4 Å². The maximum absolute atomic E-state index is 6.58. The molecule has 0 radical (unpaired) electrons. The molecule has 0 atom stereocenters. The first-order chi connectivity index (χ1) is 30.2. The average molecular weight is 780 g/mol. The van der Waals surface area contributed by atoms with Crippen LogP contribution < -0.4 is 0 Å². The Morgan fingerprint density at radius 2 is 0.623 bits per heavy atom. The maximum Gasteiger partial charge on any atom is 0.164 e. The third kappa shape index (κ3) is 7.07. The monoisotopic (exact) mass is 779 g/mol. The minimum Gasteiger partial charge on any atom is -0.456 e. The summed E-state index contributed by atoms with van der Waals surface area (Å²) in [7, 11) is 0. The molecule has 0 fully saturated rings. The molecule has 0 bridgehead atoms. The van der Waals surface area contributed by atoms with Crippen molar-refractivity contribution in [3.05, 3.63) is 224 Å².